The van der Waals surface area contributed by atoms with Crippen molar-refractivity contribution in [1.29, 1.82) is 0 Å². The monoisotopic (exact) mass is 301 g/mol. The molecule has 0 saturated carbocycles. The Balaban J connectivity index is 2.17. The van der Waals surface area contributed by atoms with E-state index in [4.69, 9.17) is 16.4 Å². The second-order valence-electron chi connectivity index (χ2n) is 5.08. The van der Waals surface area contributed by atoms with Crippen LogP contribution in [0.5, 0.6) is 0 Å². The van der Waals surface area contributed by atoms with Crippen molar-refractivity contribution in [3.63, 3.8) is 0 Å². The third-order valence-electron chi connectivity index (χ3n) is 2.97. The summed E-state index contributed by atoms with van der Waals surface area (Å²) < 4.78 is 24.5. The van der Waals surface area contributed by atoms with Gasteiger partial charge in [0, 0.05) is 6.42 Å². The van der Waals surface area contributed by atoms with Gasteiger partial charge in [0.1, 0.15) is 0 Å². The smallest absolute Gasteiger partial charge is 0.199 e. The highest BCUT2D eigenvalue weighted by Gasteiger charge is 2.38. The van der Waals surface area contributed by atoms with Crippen LogP contribution in [-0.2, 0) is 20.4 Å². The highest BCUT2D eigenvalue weighted by molar-refractivity contribution is 8.05. The van der Waals surface area contributed by atoms with Crippen LogP contribution in [0.4, 0.5) is 0 Å². The Hall–Kier alpha value is -1.07. The standard InChI is InChI=1S/C13H16ClNO3S/c1-10-4-3-5-11(6-10)8-19(16,17)12-7-13(2,9-14)18-15-12/h3-6H,7-9H2,1-2H3. The number of hydrogen-bond donors (Lipinski definition) is 0. The first-order valence-corrected chi connectivity index (χ1v) is 8.13. The van der Waals surface area contributed by atoms with Gasteiger partial charge >= 0.3 is 0 Å². The molecule has 1 atom stereocenters. The molecule has 0 N–H and O–H groups in total. The fourth-order valence-corrected chi connectivity index (χ4v) is 3.49. The van der Waals surface area contributed by atoms with Crippen LogP contribution in [0.1, 0.15) is 24.5 Å². The second kappa shape index (κ2) is 5.13. The van der Waals surface area contributed by atoms with Crippen molar-refractivity contribution in [2.45, 2.75) is 31.6 Å². The average molecular weight is 302 g/mol. The zero-order valence-electron chi connectivity index (χ0n) is 10.9. The number of hydrogen-bond acceptors (Lipinski definition) is 4. The van der Waals surface area contributed by atoms with Crippen LogP contribution in [0.2, 0.25) is 0 Å². The summed E-state index contributed by atoms with van der Waals surface area (Å²) in [6.07, 6.45) is 0.227. The van der Waals surface area contributed by atoms with Crippen LogP contribution in [0.3, 0.4) is 0 Å². The molecule has 0 aliphatic carbocycles. The molecule has 1 aliphatic rings. The molecule has 0 spiro atoms. The first-order valence-electron chi connectivity index (χ1n) is 5.94. The number of sulfone groups is 1. The molecule has 0 amide bonds. The van der Waals surface area contributed by atoms with Gasteiger partial charge < -0.3 is 4.84 Å². The van der Waals surface area contributed by atoms with Crippen molar-refractivity contribution in [1.82, 2.24) is 0 Å². The average Bonchev–Trinajstić information content (AvgIpc) is 2.73. The number of aryl methyl sites for hydroxylation is 1. The Kier molecular flexibility index (Phi) is 3.87. The van der Waals surface area contributed by atoms with Crippen LogP contribution < -0.4 is 0 Å². The molecule has 0 saturated heterocycles. The molecule has 1 aromatic carbocycles. The predicted octanol–water partition coefficient (Wildman–Crippen LogP) is 2.64. The maximum atomic E-state index is 12.3. The molecule has 1 heterocycles. The Morgan fingerprint density at radius 2 is 2.21 bits per heavy atom. The summed E-state index contributed by atoms with van der Waals surface area (Å²) in [5, 5.41) is 3.77. The second-order valence-corrected chi connectivity index (χ2v) is 7.34. The van der Waals surface area contributed by atoms with Gasteiger partial charge in [0.25, 0.3) is 0 Å². The first-order chi connectivity index (χ1) is 8.85. The normalized spacial score (nSPS) is 23.0. The predicted molar refractivity (Wildman–Crippen MR) is 76.1 cm³/mol. The van der Waals surface area contributed by atoms with E-state index in [1.165, 1.54) is 0 Å². The quantitative estimate of drug-likeness (QED) is 0.807. The van der Waals surface area contributed by atoms with Crippen molar-refractivity contribution in [2.24, 2.45) is 5.16 Å². The number of alkyl halides is 1. The van der Waals surface area contributed by atoms with Gasteiger partial charge in [-0.05, 0) is 19.4 Å². The summed E-state index contributed by atoms with van der Waals surface area (Å²) in [5.74, 6) is 0.148. The summed E-state index contributed by atoms with van der Waals surface area (Å²) in [6.45, 7) is 3.68. The van der Waals surface area contributed by atoms with Crippen LogP contribution in [0.15, 0.2) is 29.4 Å². The lowest BCUT2D eigenvalue weighted by molar-refractivity contribution is 0.0152. The maximum Gasteiger partial charge on any atom is 0.199 e. The molecular formula is C13H16ClNO3S. The summed E-state index contributed by atoms with van der Waals surface area (Å²) in [5.41, 5.74) is 1.07. The van der Waals surface area contributed by atoms with Crippen LogP contribution in [0, 0.1) is 6.92 Å². The molecule has 0 radical (unpaired) electrons. The Bertz CT molecular complexity index is 612. The molecule has 4 nitrogen and oxygen atoms in total. The third-order valence-corrected chi connectivity index (χ3v) is 5.19. The fourth-order valence-electron chi connectivity index (χ4n) is 1.89. The molecule has 6 heteroatoms. The van der Waals surface area contributed by atoms with Gasteiger partial charge in [-0.1, -0.05) is 35.0 Å². The summed E-state index contributed by atoms with van der Waals surface area (Å²) in [7, 11) is -3.44. The van der Waals surface area contributed by atoms with E-state index in [-0.39, 0.29) is 23.1 Å². The minimum absolute atomic E-state index is 0.0603. The minimum Gasteiger partial charge on any atom is -0.387 e. The molecule has 1 aliphatic heterocycles. The van der Waals surface area contributed by atoms with Gasteiger partial charge in [0.15, 0.2) is 20.5 Å². The van der Waals surface area contributed by atoms with E-state index in [1.807, 2.05) is 25.1 Å². The van der Waals surface area contributed by atoms with E-state index >= 15 is 0 Å². The molecule has 2 rings (SSSR count). The van der Waals surface area contributed by atoms with Gasteiger partial charge in [0.2, 0.25) is 0 Å². The largest absolute Gasteiger partial charge is 0.387 e. The highest BCUT2D eigenvalue weighted by atomic mass is 35.5. The Morgan fingerprint density at radius 1 is 1.47 bits per heavy atom. The number of oxime groups is 1. The highest BCUT2D eigenvalue weighted by Crippen LogP contribution is 2.28. The molecular weight excluding hydrogens is 286 g/mol. The van der Waals surface area contributed by atoms with E-state index in [1.54, 1.807) is 13.0 Å². The zero-order chi connectivity index (χ0) is 14.1. The molecule has 104 valence electrons. The van der Waals surface area contributed by atoms with Crippen molar-refractivity contribution in [3.05, 3.63) is 35.4 Å². The van der Waals surface area contributed by atoms with Crippen LogP contribution in [-0.4, -0.2) is 24.9 Å². The first kappa shape index (κ1) is 14.3. The molecule has 0 bridgehead atoms. The summed E-state index contributed by atoms with van der Waals surface area (Å²) in [6, 6.07) is 7.42. The van der Waals surface area contributed by atoms with Crippen molar-refractivity contribution >= 4 is 26.5 Å². The minimum atomic E-state index is -3.44. The van der Waals surface area contributed by atoms with E-state index in [0.717, 1.165) is 11.1 Å². The van der Waals surface area contributed by atoms with Crippen molar-refractivity contribution < 1.29 is 13.3 Å². The van der Waals surface area contributed by atoms with Gasteiger partial charge in [-0.3, -0.25) is 0 Å². The van der Waals surface area contributed by atoms with Gasteiger partial charge in [0.05, 0.1) is 11.6 Å². The molecule has 1 aromatic rings. The van der Waals surface area contributed by atoms with E-state index < -0.39 is 15.4 Å². The number of rotatable bonds is 3. The molecule has 19 heavy (non-hydrogen) atoms. The number of benzene rings is 1. The van der Waals surface area contributed by atoms with E-state index in [0.29, 0.717) is 0 Å². The molecule has 0 aromatic heterocycles. The van der Waals surface area contributed by atoms with E-state index in [9.17, 15) is 8.42 Å². The maximum absolute atomic E-state index is 12.3. The summed E-state index contributed by atoms with van der Waals surface area (Å²) in [4.78, 5) is 5.13. The topological polar surface area (TPSA) is 55.7 Å². The third kappa shape index (κ3) is 3.28. The van der Waals surface area contributed by atoms with E-state index in [2.05, 4.69) is 5.16 Å². The SMILES string of the molecule is Cc1cccc(CS(=O)(=O)C2=NOC(C)(CCl)C2)c1. The number of halogens is 1. The lowest BCUT2D eigenvalue weighted by Gasteiger charge is -2.16. The van der Waals surface area contributed by atoms with Crippen molar-refractivity contribution in [2.75, 3.05) is 5.88 Å². The van der Waals surface area contributed by atoms with Crippen LogP contribution >= 0.6 is 11.6 Å². The Labute approximate surface area is 118 Å². The Morgan fingerprint density at radius 3 is 2.79 bits per heavy atom. The van der Waals surface area contributed by atoms with Gasteiger partial charge in [-0.15, -0.1) is 11.6 Å². The molecule has 1 unspecified atom stereocenters. The lowest BCUT2D eigenvalue weighted by Crippen LogP contribution is -2.28. The van der Waals surface area contributed by atoms with Gasteiger partial charge in [-0.2, -0.15) is 0 Å². The lowest BCUT2D eigenvalue weighted by atomic mass is 10.1. The number of nitrogens with zero attached hydrogens (tertiary/aromatic N) is 1. The molecule has 0 fully saturated rings. The van der Waals surface area contributed by atoms with Gasteiger partial charge in [-0.25, -0.2) is 8.42 Å². The zero-order valence-corrected chi connectivity index (χ0v) is 12.5. The van der Waals surface area contributed by atoms with Crippen molar-refractivity contribution in [3.8, 4) is 0 Å². The van der Waals surface area contributed by atoms with Crippen LogP contribution in [0.25, 0.3) is 0 Å². The fraction of sp³-hybridized carbons (Fsp3) is 0.462. The summed E-state index contributed by atoms with van der Waals surface area (Å²) >= 11 is 5.75.